The average molecular weight is 326 g/mol. The minimum absolute atomic E-state index is 0.0445. The monoisotopic (exact) mass is 326 g/mol. The summed E-state index contributed by atoms with van der Waals surface area (Å²) in [6.07, 6.45) is 0.482. The van der Waals surface area contributed by atoms with Gasteiger partial charge in [0.15, 0.2) is 0 Å². The number of benzene rings is 2. The summed E-state index contributed by atoms with van der Waals surface area (Å²) in [5.74, 6) is 0.829. The third-order valence-electron chi connectivity index (χ3n) is 4.39. The molecule has 0 fully saturated rings. The van der Waals surface area contributed by atoms with Gasteiger partial charge in [-0.05, 0) is 49.2 Å². The van der Waals surface area contributed by atoms with Crippen molar-refractivity contribution in [3.05, 3.63) is 54.1 Å². The minimum Gasteiger partial charge on any atom is -0.497 e. The minimum atomic E-state index is -0.321. The number of ether oxygens (including phenoxy) is 2. The van der Waals surface area contributed by atoms with Crippen molar-refractivity contribution in [2.24, 2.45) is 0 Å². The maximum atomic E-state index is 12.1. The smallest absolute Gasteiger partial charge is 0.414 e. The largest absolute Gasteiger partial charge is 0.497 e. The second-order valence-corrected chi connectivity index (χ2v) is 5.91. The Morgan fingerprint density at radius 1 is 1.12 bits per heavy atom. The molecule has 2 atom stereocenters. The first-order chi connectivity index (χ1) is 11.6. The number of hydrogen-bond acceptors (Lipinski definition) is 4. The second kappa shape index (κ2) is 6.83. The van der Waals surface area contributed by atoms with E-state index < -0.39 is 0 Å². The molecule has 1 amide bonds. The molecule has 0 radical (unpaired) electrons. The molecule has 126 valence electrons. The summed E-state index contributed by atoms with van der Waals surface area (Å²) in [4.78, 5) is 13.9. The third kappa shape index (κ3) is 3.02. The molecule has 5 nitrogen and oxygen atoms in total. The van der Waals surface area contributed by atoms with Crippen molar-refractivity contribution in [1.29, 1.82) is 0 Å². The Labute approximate surface area is 142 Å². The van der Waals surface area contributed by atoms with E-state index in [9.17, 15) is 4.79 Å². The highest BCUT2D eigenvalue weighted by Crippen LogP contribution is 2.39. The molecule has 2 unspecified atom stereocenters. The number of para-hydroxylation sites is 1. The quantitative estimate of drug-likeness (QED) is 0.918. The lowest BCUT2D eigenvalue weighted by Crippen LogP contribution is -2.44. The molecule has 0 saturated heterocycles. The summed E-state index contributed by atoms with van der Waals surface area (Å²) in [5, 5.41) is 3.56. The number of hydrogen-bond donors (Lipinski definition) is 1. The fourth-order valence-electron chi connectivity index (χ4n) is 3.21. The Morgan fingerprint density at radius 3 is 2.50 bits per heavy atom. The maximum Gasteiger partial charge on any atom is 0.414 e. The Bertz CT molecular complexity index is 715. The van der Waals surface area contributed by atoms with E-state index in [0.717, 1.165) is 29.1 Å². The molecule has 0 saturated carbocycles. The summed E-state index contributed by atoms with van der Waals surface area (Å²) >= 11 is 0. The number of carbonyl (C=O) groups is 1. The normalized spacial score (nSPS) is 19.4. The van der Waals surface area contributed by atoms with E-state index in [2.05, 4.69) is 11.4 Å². The van der Waals surface area contributed by atoms with Crippen molar-refractivity contribution in [3.8, 4) is 5.75 Å². The van der Waals surface area contributed by atoms with Crippen LogP contribution in [0, 0.1) is 0 Å². The van der Waals surface area contributed by atoms with Crippen LogP contribution in [-0.2, 0) is 4.74 Å². The number of anilines is 2. The highest BCUT2D eigenvalue weighted by molar-refractivity contribution is 5.90. The topological polar surface area (TPSA) is 50.8 Å². The fraction of sp³-hybridized carbons (Fsp3) is 0.316. The van der Waals surface area contributed by atoms with Crippen LogP contribution in [0.1, 0.15) is 24.9 Å². The van der Waals surface area contributed by atoms with Crippen LogP contribution in [0.15, 0.2) is 48.5 Å². The summed E-state index contributed by atoms with van der Waals surface area (Å²) < 4.78 is 10.1. The fourth-order valence-corrected chi connectivity index (χ4v) is 3.21. The zero-order chi connectivity index (χ0) is 17.1. The van der Waals surface area contributed by atoms with Gasteiger partial charge in [0.25, 0.3) is 0 Å². The van der Waals surface area contributed by atoms with Gasteiger partial charge < -0.3 is 14.8 Å². The molecule has 1 aliphatic rings. The van der Waals surface area contributed by atoms with Crippen LogP contribution in [-0.4, -0.2) is 26.4 Å². The summed E-state index contributed by atoms with van der Waals surface area (Å²) in [5.41, 5.74) is 3.01. The number of nitrogens with zero attached hydrogens (tertiary/aromatic N) is 1. The molecule has 24 heavy (non-hydrogen) atoms. The van der Waals surface area contributed by atoms with E-state index in [4.69, 9.17) is 9.47 Å². The first-order valence-corrected chi connectivity index (χ1v) is 8.00. The summed E-state index contributed by atoms with van der Waals surface area (Å²) in [7, 11) is 3.07. The Balaban J connectivity index is 1.90. The molecule has 0 bridgehead atoms. The molecule has 0 aromatic heterocycles. The van der Waals surface area contributed by atoms with Crippen LogP contribution in [0.2, 0.25) is 0 Å². The lowest BCUT2D eigenvalue weighted by molar-refractivity contribution is 0.175. The maximum absolute atomic E-state index is 12.1. The molecule has 1 N–H and O–H groups in total. The van der Waals surface area contributed by atoms with Crippen molar-refractivity contribution in [2.45, 2.75) is 25.4 Å². The number of nitrogens with one attached hydrogen (secondary N) is 1. The highest BCUT2D eigenvalue weighted by atomic mass is 16.5. The van der Waals surface area contributed by atoms with Gasteiger partial charge in [0.2, 0.25) is 0 Å². The van der Waals surface area contributed by atoms with Gasteiger partial charge in [0.05, 0.1) is 25.9 Å². The van der Waals surface area contributed by atoms with Crippen molar-refractivity contribution in [1.82, 2.24) is 0 Å². The number of methoxy groups -OCH3 is 2. The lowest BCUT2D eigenvalue weighted by atomic mass is 9.92. The molecule has 2 aromatic carbocycles. The van der Waals surface area contributed by atoms with Gasteiger partial charge >= 0.3 is 6.09 Å². The number of rotatable bonds is 3. The van der Waals surface area contributed by atoms with Crippen molar-refractivity contribution >= 4 is 17.5 Å². The molecule has 1 heterocycles. The number of fused-ring (bicyclic) bond motifs is 1. The zero-order valence-electron chi connectivity index (χ0n) is 14.2. The average Bonchev–Trinajstić information content (AvgIpc) is 2.62. The first kappa shape index (κ1) is 16.2. The van der Waals surface area contributed by atoms with E-state index >= 15 is 0 Å². The van der Waals surface area contributed by atoms with E-state index in [1.807, 2.05) is 49.4 Å². The predicted octanol–water partition coefficient (Wildman–Crippen LogP) is 4.21. The second-order valence-electron chi connectivity index (χ2n) is 5.91. The van der Waals surface area contributed by atoms with Crippen molar-refractivity contribution in [3.63, 3.8) is 0 Å². The van der Waals surface area contributed by atoms with Crippen LogP contribution in [0.5, 0.6) is 5.75 Å². The highest BCUT2D eigenvalue weighted by Gasteiger charge is 2.34. The molecule has 0 spiro atoms. The SMILES string of the molecule is COC(=O)N1c2ccccc2C(Nc2ccc(OC)cc2)CC1C. The van der Waals surface area contributed by atoms with E-state index in [1.54, 1.807) is 12.0 Å². The van der Waals surface area contributed by atoms with E-state index in [-0.39, 0.29) is 18.2 Å². The van der Waals surface area contributed by atoms with Crippen LogP contribution in [0.25, 0.3) is 0 Å². The third-order valence-corrected chi connectivity index (χ3v) is 4.39. The van der Waals surface area contributed by atoms with Gasteiger partial charge in [-0.15, -0.1) is 0 Å². The molecule has 1 aliphatic heterocycles. The van der Waals surface area contributed by atoms with Crippen molar-refractivity contribution < 1.29 is 14.3 Å². The summed E-state index contributed by atoms with van der Waals surface area (Å²) in [6, 6.07) is 16.0. The Hall–Kier alpha value is -2.69. The van der Waals surface area contributed by atoms with Crippen LogP contribution in [0.4, 0.5) is 16.2 Å². The van der Waals surface area contributed by atoms with Crippen molar-refractivity contribution in [2.75, 3.05) is 24.4 Å². The lowest BCUT2D eigenvalue weighted by Gasteiger charge is -2.39. The van der Waals surface area contributed by atoms with E-state index in [0.29, 0.717) is 0 Å². The number of amides is 1. The molecule has 5 heteroatoms. The van der Waals surface area contributed by atoms with Crippen LogP contribution in [0.3, 0.4) is 0 Å². The molecular formula is C19H22N2O3. The molecule has 0 aliphatic carbocycles. The van der Waals surface area contributed by atoms with E-state index in [1.165, 1.54) is 7.11 Å². The van der Waals surface area contributed by atoms with Gasteiger partial charge in [-0.3, -0.25) is 4.90 Å². The van der Waals surface area contributed by atoms with Crippen LogP contribution < -0.4 is 15.0 Å². The number of carbonyl (C=O) groups excluding carboxylic acids is 1. The van der Waals surface area contributed by atoms with Gasteiger partial charge in [-0.25, -0.2) is 4.79 Å². The zero-order valence-corrected chi connectivity index (χ0v) is 14.2. The Morgan fingerprint density at radius 2 is 1.83 bits per heavy atom. The van der Waals surface area contributed by atoms with Crippen LogP contribution >= 0.6 is 0 Å². The molecule has 2 aromatic rings. The molecule has 3 rings (SSSR count). The van der Waals surface area contributed by atoms with Gasteiger partial charge in [-0.1, -0.05) is 18.2 Å². The van der Waals surface area contributed by atoms with Gasteiger partial charge in [-0.2, -0.15) is 0 Å². The Kier molecular flexibility index (Phi) is 4.60. The first-order valence-electron chi connectivity index (χ1n) is 8.00. The summed E-state index contributed by atoms with van der Waals surface area (Å²) in [6.45, 7) is 2.04. The molecular weight excluding hydrogens is 304 g/mol. The van der Waals surface area contributed by atoms with Gasteiger partial charge in [0, 0.05) is 11.7 Å². The van der Waals surface area contributed by atoms with Gasteiger partial charge in [0.1, 0.15) is 5.75 Å². The standard InChI is InChI=1S/C19H22N2O3/c1-13-12-17(20-14-8-10-15(23-2)11-9-14)16-6-4-5-7-18(16)21(13)19(22)24-3/h4-11,13,17,20H,12H2,1-3H3. The predicted molar refractivity (Wildman–Crippen MR) is 94.8 cm³/mol.